The summed E-state index contributed by atoms with van der Waals surface area (Å²) in [6.07, 6.45) is 4.18. The number of hydrogen-bond donors (Lipinski definition) is 1. The van der Waals surface area contributed by atoms with Gasteiger partial charge in [0.1, 0.15) is 11.6 Å². The Hall–Kier alpha value is -0.960. The van der Waals surface area contributed by atoms with Gasteiger partial charge in [-0.15, -0.1) is 0 Å². The van der Waals surface area contributed by atoms with Crippen LogP contribution in [0.3, 0.4) is 0 Å². The monoisotopic (exact) mass is 225 g/mol. The molecule has 1 fully saturated rings. The molecule has 0 aromatic heterocycles. The number of hydrogen-bond acceptors (Lipinski definition) is 1. The Balaban J connectivity index is 2.13. The fourth-order valence-electron chi connectivity index (χ4n) is 2.54. The highest BCUT2D eigenvalue weighted by Crippen LogP contribution is 2.43. The van der Waals surface area contributed by atoms with E-state index < -0.39 is 11.6 Å². The van der Waals surface area contributed by atoms with Gasteiger partial charge in [-0.3, -0.25) is 0 Å². The molecule has 0 amide bonds. The first-order valence-electron chi connectivity index (χ1n) is 5.74. The zero-order valence-electron chi connectivity index (χ0n) is 9.52. The fourth-order valence-corrected chi connectivity index (χ4v) is 2.54. The summed E-state index contributed by atoms with van der Waals surface area (Å²) in [4.78, 5) is 0. The largest absolute Gasteiger partial charge is 0.319 e. The predicted octanol–water partition coefficient (Wildman–Crippen LogP) is 2.90. The summed E-state index contributed by atoms with van der Waals surface area (Å²) in [6.45, 7) is 0.907. The molecule has 0 aliphatic heterocycles. The minimum atomic E-state index is -0.502. The molecule has 3 heteroatoms. The van der Waals surface area contributed by atoms with Crippen LogP contribution < -0.4 is 5.32 Å². The minimum Gasteiger partial charge on any atom is -0.319 e. The third kappa shape index (κ3) is 2.24. The van der Waals surface area contributed by atoms with Crippen LogP contribution in [0.2, 0.25) is 0 Å². The molecule has 0 saturated heterocycles. The normalized spacial score (nSPS) is 18.2. The van der Waals surface area contributed by atoms with Crippen LogP contribution in [-0.4, -0.2) is 13.6 Å². The van der Waals surface area contributed by atoms with Crippen molar-refractivity contribution in [3.05, 3.63) is 35.4 Å². The van der Waals surface area contributed by atoms with Crippen molar-refractivity contribution >= 4 is 0 Å². The lowest BCUT2D eigenvalue weighted by Crippen LogP contribution is -2.40. The van der Waals surface area contributed by atoms with E-state index in [4.69, 9.17) is 0 Å². The quantitative estimate of drug-likeness (QED) is 0.830. The van der Waals surface area contributed by atoms with E-state index in [1.165, 1.54) is 12.5 Å². The molecule has 1 aliphatic rings. The molecule has 0 spiro atoms. The minimum absolute atomic E-state index is 0.188. The second-order valence-corrected chi connectivity index (χ2v) is 4.80. The summed E-state index contributed by atoms with van der Waals surface area (Å²) in [5, 5.41) is 3.17. The van der Waals surface area contributed by atoms with E-state index in [2.05, 4.69) is 5.32 Å². The zero-order chi connectivity index (χ0) is 11.6. The first kappa shape index (κ1) is 11.5. The van der Waals surface area contributed by atoms with Crippen LogP contribution in [-0.2, 0) is 6.42 Å². The van der Waals surface area contributed by atoms with Crippen molar-refractivity contribution in [2.75, 3.05) is 13.6 Å². The Kier molecular flexibility index (Phi) is 3.24. The fraction of sp³-hybridized carbons (Fsp3) is 0.538. The predicted molar refractivity (Wildman–Crippen MR) is 60.3 cm³/mol. The van der Waals surface area contributed by atoms with Crippen molar-refractivity contribution < 1.29 is 8.78 Å². The van der Waals surface area contributed by atoms with Crippen LogP contribution in [0.4, 0.5) is 8.78 Å². The highest BCUT2D eigenvalue weighted by molar-refractivity contribution is 5.21. The molecule has 1 nitrogen and oxygen atoms in total. The maximum absolute atomic E-state index is 13.5. The van der Waals surface area contributed by atoms with Gasteiger partial charge in [0.15, 0.2) is 0 Å². The molecule has 2 rings (SSSR count). The van der Waals surface area contributed by atoms with Crippen LogP contribution in [0.15, 0.2) is 18.2 Å². The number of rotatable bonds is 4. The second-order valence-electron chi connectivity index (χ2n) is 4.80. The van der Waals surface area contributed by atoms with Crippen LogP contribution in [0.25, 0.3) is 0 Å². The molecule has 0 unspecified atom stereocenters. The molecule has 1 aromatic rings. The summed E-state index contributed by atoms with van der Waals surface area (Å²) >= 11 is 0. The van der Waals surface area contributed by atoms with Gasteiger partial charge < -0.3 is 5.32 Å². The van der Waals surface area contributed by atoms with E-state index >= 15 is 0 Å². The lowest BCUT2D eigenvalue weighted by molar-refractivity contribution is 0.132. The standard InChI is InChI=1S/C13H17F2N/c1-16-9-13(5-2-6-13)8-10-3-4-11(14)7-12(10)15/h3-4,7,16H,2,5-6,8-9H2,1H3. The van der Waals surface area contributed by atoms with Gasteiger partial charge in [0, 0.05) is 12.6 Å². The molecule has 0 bridgehead atoms. The lowest BCUT2D eigenvalue weighted by atomic mass is 9.65. The third-order valence-electron chi connectivity index (χ3n) is 3.55. The van der Waals surface area contributed by atoms with E-state index in [1.54, 1.807) is 6.07 Å². The van der Waals surface area contributed by atoms with Crippen LogP contribution >= 0.6 is 0 Å². The topological polar surface area (TPSA) is 12.0 Å². The molecule has 0 heterocycles. The molecule has 1 saturated carbocycles. The Morgan fingerprint density at radius 2 is 2.06 bits per heavy atom. The number of benzene rings is 1. The van der Waals surface area contributed by atoms with E-state index in [1.807, 2.05) is 7.05 Å². The Labute approximate surface area is 94.9 Å². The zero-order valence-corrected chi connectivity index (χ0v) is 9.52. The molecule has 1 aliphatic carbocycles. The average molecular weight is 225 g/mol. The van der Waals surface area contributed by atoms with Crippen LogP contribution in [0.5, 0.6) is 0 Å². The average Bonchev–Trinajstić information content (AvgIpc) is 2.18. The third-order valence-corrected chi connectivity index (χ3v) is 3.55. The van der Waals surface area contributed by atoms with Crippen molar-refractivity contribution in [2.24, 2.45) is 5.41 Å². The van der Waals surface area contributed by atoms with Gasteiger partial charge in [-0.2, -0.15) is 0 Å². The summed E-state index contributed by atoms with van der Waals surface area (Å²) in [5.41, 5.74) is 0.823. The van der Waals surface area contributed by atoms with Gasteiger partial charge in [0.25, 0.3) is 0 Å². The summed E-state index contributed by atoms with van der Waals surface area (Å²) in [6, 6.07) is 3.88. The molecular weight excluding hydrogens is 208 g/mol. The van der Waals surface area contributed by atoms with Gasteiger partial charge in [0.05, 0.1) is 0 Å². The maximum atomic E-state index is 13.5. The summed E-state index contributed by atoms with van der Waals surface area (Å²) < 4.78 is 26.3. The van der Waals surface area contributed by atoms with E-state index in [0.29, 0.717) is 12.0 Å². The number of halogens is 2. The molecule has 16 heavy (non-hydrogen) atoms. The SMILES string of the molecule is CNCC1(Cc2ccc(F)cc2F)CCC1. The highest BCUT2D eigenvalue weighted by Gasteiger charge is 2.36. The molecule has 1 aromatic carbocycles. The van der Waals surface area contributed by atoms with Crippen LogP contribution in [0.1, 0.15) is 24.8 Å². The summed E-state index contributed by atoms with van der Waals surface area (Å²) in [5.74, 6) is -0.917. The smallest absolute Gasteiger partial charge is 0.129 e. The number of nitrogens with one attached hydrogen (secondary N) is 1. The van der Waals surface area contributed by atoms with Crippen molar-refractivity contribution in [2.45, 2.75) is 25.7 Å². The molecular formula is C13H17F2N. The van der Waals surface area contributed by atoms with Crippen molar-refractivity contribution in [3.8, 4) is 0 Å². The lowest BCUT2D eigenvalue weighted by Gasteiger charge is -2.42. The first-order valence-corrected chi connectivity index (χ1v) is 5.74. The van der Waals surface area contributed by atoms with Crippen molar-refractivity contribution in [1.82, 2.24) is 5.32 Å². The van der Waals surface area contributed by atoms with E-state index in [0.717, 1.165) is 25.5 Å². The highest BCUT2D eigenvalue weighted by atomic mass is 19.1. The first-order chi connectivity index (χ1) is 7.65. The van der Waals surface area contributed by atoms with Gasteiger partial charge in [-0.25, -0.2) is 8.78 Å². The van der Waals surface area contributed by atoms with E-state index in [-0.39, 0.29) is 5.41 Å². The maximum Gasteiger partial charge on any atom is 0.129 e. The van der Waals surface area contributed by atoms with Crippen LogP contribution in [0, 0.1) is 17.0 Å². The van der Waals surface area contributed by atoms with Gasteiger partial charge >= 0.3 is 0 Å². The van der Waals surface area contributed by atoms with E-state index in [9.17, 15) is 8.78 Å². The molecule has 0 atom stereocenters. The second kappa shape index (κ2) is 4.50. The Morgan fingerprint density at radius 3 is 2.56 bits per heavy atom. The molecule has 88 valence electrons. The Bertz CT molecular complexity index is 372. The Morgan fingerprint density at radius 1 is 1.31 bits per heavy atom. The molecule has 0 radical (unpaired) electrons. The molecule has 1 N–H and O–H groups in total. The summed E-state index contributed by atoms with van der Waals surface area (Å²) in [7, 11) is 1.92. The van der Waals surface area contributed by atoms with Gasteiger partial charge in [-0.05, 0) is 43.4 Å². The van der Waals surface area contributed by atoms with Gasteiger partial charge in [-0.1, -0.05) is 12.5 Å². The van der Waals surface area contributed by atoms with Crippen molar-refractivity contribution in [3.63, 3.8) is 0 Å². The van der Waals surface area contributed by atoms with Gasteiger partial charge in [0.2, 0.25) is 0 Å². The van der Waals surface area contributed by atoms with Crippen molar-refractivity contribution in [1.29, 1.82) is 0 Å².